The molecule has 2 heterocycles. The molecule has 0 atom stereocenters. The Morgan fingerprint density at radius 2 is 1.82 bits per heavy atom. The van der Waals surface area contributed by atoms with Crippen molar-refractivity contribution in [2.45, 2.75) is 0 Å². The van der Waals surface area contributed by atoms with Crippen molar-refractivity contribution in [2.24, 2.45) is 0 Å². The Hall–Kier alpha value is -2.83. The molecule has 28 heavy (non-hydrogen) atoms. The average molecular weight is 378 g/mol. The first-order chi connectivity index (χ1) is 13.7. The lowest BCUT2D eigenvalue weighted by molar-refractivity contribution is 0.155. The lowest BCUT2D eigenvalue weighted by Gasteiger charge is -2.32. The van der Waals surface area contributed by atoms with E-state index in [-0.39, 0.29) is 6.03 Å². The van der Waals surface area contributed by atoms with Crippen LogP contribution in [-0.2, 0) is 0 Å². The highest BCUT2D eigenvalue weighted by atomic mass is 16.3. The van der Waals surface area contributed by atoms with E-state index in [1.54, 1.807) is 0 Å². The van der Waals surface area contributed by atoms with Gasteiger partial charge in [-0.05, 0) is 31.3 Å². The predicted octanol–water partition coefficient (Wildman–Crippen LogP) is 3.47. The van der Waals surface area contributed by atoms with Crippen molar-refractivity contribution in [3.63, 3.8) is 0 Å². The van der Waals surface area contributed by atoms with Gasteiger partial charge in [-0.1, -0.05) is 30.3 Å². The fraction of sp³-hybridized carbons (Fsp3) is 0.318. The number of nitrogens with one attached hydrogen (secondary N) is 2. The quantitative estimate of drug-likeness (QED) is 0.714. The number of carbonyl (C=O) groups excluding carboxylic acids is 1. The number of hydrogen-bond acceptors (Lipinski definition) is 4. The number of rotatable bonds is 5. The molecule has 1 aliphatic rings. The molecule has 6 nitrogen and oxygen atoms in total. The highest BCUT2D eigenvalue weighted by molar-refractivity contribution is 5.93. The summed E-state index contributed by atoms with van der Waals surface area (Å²) in [4.78, 5) is 16.9. The molecule has 1 fully saturated rings. The van der Waals surface area contributed by atoms with Gasteiger partial charge in [-0.25, -0.2) is 4.79 Å². The number of furan rings is 1. The molecule has 146 valence electrons. The molecule has 2 amide bonds. The predicted molar refractivity (Wildman–Crippen MR) is 113 cm³/mol. The molecular weight excluding hydrogens is 352 g/mol. The van der Waals surface area contributed by atoms with Crippen LogP contribution in [0.5, 0.6) is 0 Å². The fourth-order valence-corrected chi connectivity index (χ4v) is 3.44. The molecule has 0 bridgehead atoms. The minimum absolute atomic E-state index is 0.180. The van der Waals surface area contributed by atoms with Crippen LogP contribution in [0.1, 0.15) is 0 Å². The van der Waals surface area contributed by atoms with Crippen LogP contribution in [0.15, 0.2) is 59.0 Å². The maximum atomic E-state index is 12.2. The Morgan fingerprint density at radius 3 is 2.61 bits per heavy atom. The molecule has 4 rings (SSSR count). The Bertz CT molecular complexity index is 930. The van der Waals surface area contributed by atoms with E-state index in [0.29, 0.717) is 6.54 Å². The smallest absolute Gasteiger partial charge is 0.319 e. The van der Waals surface area contributed by atoms with Gasteiger partial charge in [0.05, 0.1) is 0 Å². The van der Waals surface area contributed by atoms with Crippen molar-refractivity contribution in [1.29, 1.82) is 0 Å². The van der Waals surface area contributed by atoms with Crippen molar-refractivity contribution in [2.75, 3.05) is 51.6 Å². The van der Waals surface area contributed by atoms with Gasteiger partial charge in [0, 0.05) is 55.9 Å². The van der Waals surface area contributed by atoms with E-state index in [1.807, 2.05) is 54.6 Å². The van der Waals surface area contributed by atoms with Crippen LogP contribution in [0.2, 0.25) is 0 Å². The number of piperazine rings is 1. The number of amides is 2. The van der Waals surface area contributed by atoms with E-state index in [1.165, 1.54) is 0 Å². The van der Waals surface area contributed by atoms with Gasteiger partial charge in [0.1, 0.15) is 11.3 Å². The highest BCUT2D eigenvalue weighted by Crippen LogP contribution is 2.29. The van der Waals surface area contributed by atoms with E-state index >= 15 is 0 Å². The van der Waals surface area contributed by atoms with Gasteiger partial charge in [-0.2, -0.15) is 0 Å². The molecule has 3 aromatic rings. The van der Waals surface area contributed by atoms with Gasteiger partial charge in [0.2, 0.25) is 0 Å². The van der Waals surface area contributed by atoms with Gasteiger partial charge in [0.15, 0.2) is 0 Å². The summed E-state index contributed by atoms with van der Waals surface area (Å²) in [5.74, 6) is 0.823. The fourth-order valence-electron chi connectivity index (χ4n) is 3.44. The number of anilines is 1. The van der Waals surface area contributed by atoms with Crippen LogP contribution in [0.25, 0.3) is 22.3 Å². The number of likely N-dealkylation sites (N-methyl/N-ethyl adjacent to an activating group) is 1. The second-order valence-corrected chi connectivity index (χ2v) is 7.26. The van der Waals surface area contributed by atoms with Crippen molar-refractivity contribution >= 4 is 22.7 Å². The summed E-state index contributed by atoms with van der Waals surface area (Å²) in [5, 5.41) is 6.82. The van der Waals surface area contributed by atoms with Gasteiger partial charge in [-0.15, -0.1) is 0 Å². The van der Waals surface area contributed by atoms with Gasteiger partial charge < -0.3 is 20.0 Å². The average Bonchev–Trinajstić information content (AvgIpc) is 3.14. The van der Waals surface area contributed by atoms with Crippen molar-refractivity contribution in [3.05, 3.63) is 54.6 Å². The maximum Gasteiger partial charge on any atom is 0.319 e. The summed E-state index contributed by atoms with van der Waals surface area (Å²) in [6.45, 7) is 5.80. The summed E-state index contributed by atoms with van der Waals surface area (Å²) >= 11 is 0. The van der Waals surface area contributed by atoms with E-state index < -0.39 is 0 Å². The molecule has 0 unspecified atom stereocenters. The normalized spacial score (nSPS) is 15.6. The highest BCUT2D eigenvalue weighted by Gasteiger charge is 2.13. The zero-order chi connectivity index (χ0) is 19.3. The molecule has 0 aliphatic carbocycles. The molecule has 1 aliphatic heterocycles. The van der Waals surface area contributed by atoms with E-state index in [2.05, 4.69) is 27.5 Å². The number of carbonyl (C=O) groups is 1. The van der Waals surface area contributed by atoms with Crippen LogP contribution in [0, 0.1) is 0 Å². The zero-order valence-electron chi connectivity index (χ0n) is 16.1. The van der Waals surface area contributed by atoms with Crippen LogP contribution in [0.3, 0.4) is 0 Å². The van der Waals surface area contributed by atoms with Gasteiger partial charge in [0.25, 0.3) is 0 Å². The van der Waals surface area contributed by atoms with E-state index in [4.69, 9.17) is 4.42 Å². The summed E-state index contributed by atoms with van der Waals surface area (Å²) in [6, 6.07) is 17.5. The maximum absolute atomic E-state index is 12.2. The molecule has 0 saturated carbocycles. The standard InChI is InChI=1S/C22H26N4O2/c1-25-11-13-26(14-12-25)10-9-23-22(27)24-19-7-8-20-18(15-19)16-21(28-20)17-5-3-2-4-6-17/h2-8,15-16H,9-14H2,1H3,(H2,23,24,27). The summed E-state index contributed by atoms with van der Waals surface area (Å²) < 4.78 is 5.92. The third-order valence-corrected chi connectivity index (χ3v) is 5.14. The van der Waals surface area contributed by atoms with Gasteiger partial charge >= 0.3 is 6.03 Å². The van der Waals surface area contributed by atoms with Crippen LogP contribution in [-0.4, -0.2) is 62.1 Å². The van der Waals surface area contributed by atoms with Crippen LogP contribution >= 0.6 is 0 Å². The topological polar surface area (TPSA) is 60.8 Å². The molecule has 1 saturated heterocycles. The monoisotopic (exact) mass is 378 g/mol. The minimum Gasteiger partial charge on any atom is -0.456 e. The molecule has 6 heteroatoms. The third kappa shape index (κ3) is 4.52. The lowest BCUT2D eigenvalue weighted by Crippen LogP contribution is -2.47. The first-order valence-electron chi connectivity index (χ1n) is 9.72. The Morgan fingerprint density at radius 1 is 1.04 bits per heavy atom. The van der Waals surface area contributed by atoms with Crippen molar-refractivity contribution in [3.8, 4) is 11.3 Å². The molecule has 1 aromatic heterocycles. The van der Waals surface area contributed by atoms with Crippen LogP contribution in [0.4, 0.5) is 10.5 Å². The molecular formula is C22H26N4O2. The molecule has 0 radical (unpaired) electrons. The summed E-state index contributed by atoms with van der Waals surface area (Å²) in [6.07, 6.45) is 0. The van der Waals surface area contributed by atoms with Crippen LogP contribution < -0.4 is 10.6 Å². The molecule has 2 N–H and O–H groups in total. The Labute approximate surface area is 165 Å². The van der Waals surface area contributed by atoms with Crippen molar-refractivity contribution < 1.29 is 9.21 Å². The summed E-state index contributed by atoms with van der Waals surface area (Å²) in [7, 11) is 2.14. The third-order valence-electron chi connectivity index (χ3n) is 5.14. The second-order valence-electron chi connectivity index (χ2n) is 7.26. The number of urea groups is 1. The number of hydrogen-bond donors (Lipinski definition) is 2. The van der Waals surface area contributed by atoms with E-state index in [9.17, 15) is 4.79 Å². The number of fused-ring (bicyclic) bond motifs is 1. The minimum atomic E-state index is -0.180. The largest absolute Gasteiger partial charge is 0.456 e. The van der Waals surface area contributed by atoms with Gasteiger partial charge in [-0.3, -0.25) is 4.90 Å². The SMILES string of the molecule is CN1CCN(CCNC(=O)Nc2ccc3oc(-c4ccccc4)cc3c2)CC1. The van der Waals surface area contributed by atoms with E-state index in [0.717, 1.165) is 60.7 Å². The zero-order valence-corrected chi connectivity index (χ0v) is 16.1. The second kappa shape index (κ2) is 8.46. The number of nitrogens with zero attached hydrogens (tertiary/aromatic N) is 2. The summed E-state index contributed by atoms with van der Waals surface area (Å²) in [5.41, 5.74) is 2.60. The Balaban J connectivity index is 1.32. The number of benzene rings is 2. The first kappa shape index (κ1) is 18.5. The first-order valence-corrected chi connectivity index (χ1v) is 9.72. The Kier molecular flexibility index (Phi) is 5.60. The molecule has 2 aromatic carbocycles. The lowest BCUT2D eigenvalue weighted by atomic mass is 10.1. The van der Waals surface area contributed by atoms with Crippen molar-refractivity contribution in [1.82, 2.24) is 15.1 Å². The molecule has 0 spiro atoms.